The number of anilines is 1. The van der Waals surface area contributed by atoms with E-state index in [1.807, 2.05) is 0 Å². The summed E-state index contributed by atoms with van der Waals surface area (Å²) in [7, 11) is -1.30. The lowest BCUT2D eigenvalue weighted by Crippen LogP contribution is -2.48. The van der Waals surface area contributed by atoms with Crippen LogP contribution in [0.25, 0.3) is 0 Å². The number of aromatic nitrogens is 2. The highest BCUT2D eigenvalue weighted by molar-refractivity contribution is 7.84. The second-order valence-electron chi connectivity index (χ2n) is 7.46. The monoisotopic (exact) mass is 451 g/mol. The maximum absolute atomic E-state index is 15.0. The second kappa shape index (κ2) is 8.74. The zero-order valence-corrected chi connectivity index (χ0v) is 17.4. The van der Waals surface area contributed by atoms with Gasteiger partial charge in [-0.25, -0.2) is 28.1 Å². The van der Waals surface area contributed by atoms with Crippen LogP contribution in [-0.4, -0.2) is 56.8 Å². The normalized spacial score (nSPS) is 24.5. The molecule has 7 nitrogen and oxygen atoms in total. The van der Waals surface area contributed by atoms with Gasteiger partial charge in [-0.05, 0) is 24.1 Å². The number of benzene rings is 1. The molecule has 1 aromatic carbocycles. The van der Waals surface area contributed by atoms with Gasteiger partial charge in [0.05, 0.1) is 29.3 Å². The summed E-state index contributed by atoms with van der Waals surface area (Å²) >= 11 is 0. The van der Waals surface area contributed by atoms with Crippen LogP contribution in [0.2, 0.25) is 0 Å². The molecule has 3 heterocycles. The first kappa shape index (κ1) is 21.4. The zero-order valence-electron chi connectivity index (χ0n) is 16.6. The molecular weight excluding hydrogens is 431 g/mol. The van der Waals surface area contributed by atoms with E-state index in [0.29, 0.717) is 23.8 Å². The Balaban J connectivity index is 1.48. The average Bonchev–Trinajstić information content (AvgIpc) is 3.22. The molecule has 1 amide bonds. The van der Waals surface area contributed by atoms with Gasteiger partial charge in [0.2, 0.25) is 5.91 Å². The smallest absolute Gasteiger partial charge is 0.249 e. The fraction of sp³-hybridized carbons (Fsp3) is 0.400. The van der Waals surface area contributed by atoms with Crippen LogP contribution in [0.1, 0.15) is 24.4 Å². The van der Waals surface area contributed by atoms with Crippen molar-refractivity contribution in [3.63, 3.8) is 0 Å². The van der Waals surface area contributed by atoms with Crippen LogP contribution >= 0.6 is 0 Å². The zero-order chi connectivity index (χ0) is 22.1. The van der Waals surface area contributed by atoms with E-state index in [0.717, 1.165) is 23.2 Å². The molecule has 0 aliphatic carbocycles. The van der Waals surface area contributed by atoms with Crippen molar-refractivity contribution in [2.24, 2.45) is 11.0 Å². The molecule has 4 atom stereocenters. The van der Waals surface area contributed by atoms with Crippen molar-refractivity contribution in [2.75, 3.05) is 24.2 Å². The van der Waals surface area contributed by atoms with Crippen molar-refractivity contribution in [3.8, 4) is 0 Å². The number of piperidine rings is 1. The molecule has 0 N–H and O–H groups in total. The minimum atomic E-state index is -1.49. The Morgan fingerprint density at radius 2 is 1.90 bits per heavy atom. The summed E-state index contributed by atoms with van der Waals surface area (Å²) in [5.41, 5.74) is 0.275. The number of hydrogen-bond acceptors (Lipinski definition) is 6. The van der Waals surface area contributed by atoms with Crippen LogP contribution in [0.5, 0.6) is 0 Å². The molecule has 0 saturated carbocycles. The van der Waals surface area contributed by atoms with Gasteiger partial charge in [0, 0.05) is 37.6 Å². The van der Waals surface area contributed by atoms with E-state index >= 15 is 4.39 Å². The highest BCUT2D eigenvalue weighted by Gasteiger charge is 2.40. The first-order valence-electron chi connectivity index (χ1n) is 9.69. The number of rotatable bonds is 4. The Bertz CT molecular complexity index is 1030. The summed E-state index contributed by atoms with van der Waals surface area (Å²) in [6.07, 6.45) is 3.27. The largest absolute Gasteiger partial charge is 0.354 e. The van der Waals surface area contributed by atoms with Crippen LogP contribution in [0.3, 0.4) is 0 Å². The summed E-state index contributed by atoms with van der Waals surface area (Å²) in [5, 5.41) is 5.52. The molecular formula is C20H20F3N5O2S. The number of halogens is 3. The standard InChI is InChI=1S/C20H20F3N5O2S/c1-31(30)19-9-18(24-11-25-19)27-5-3-15(16(23)10-27)20(29)28-17(2-4-26-28)12-6-13(21)8-14(22)7-12/h4,6-9,11,15-17H,2-3,5,10H2,1H3/t15-,16+,17-,31-/m1/s1. The minimum absolute atomic E-state index is 0.0694. The first-order valence-corrected chi connectivity index (χ1v) is 11.3. The van der Waals surface area contributed by atoms with E-state index in [1.54, 1.807) is 11.0 Å². The Hall–Kier alpha value is -2.82. The fourth-order valence-corrected chi connectivity index (χ4v) is 4.36. The van der Waals surface area contributed by atoms with E-state index < -0.39 is 46.5 Å². The molecule has 2 aliphatic rings. The van der Waals surface area contributed by atoms with E-state index in [-0.39, 0.29) is 18.5 Å². The quantitative estimate of drug-likeness (QED) is 0.668. The van der Waals surface area contributed by atoms with Gasteiger partial charge in [0.15, 0.2) is 0 Å². The molecule has 4 rings (SSSR count). The number of amides is 1. The number of hydrazone groups is 1. The van der Waals surface area contributed by atoms with Crippen LogP contribution in [0, 0.1) is 17.6 Å². The van der Waals surface area contributed by atoms with Crippen molar-refractivity contribution in [1.29, 1.82) is 0 Å². The van der Waals surface area contributed by atoms with Gasteiger partial charge in [-0.2, -0.15) is 5.10 Å². The molecule has 2 aliphatic heterocycles. The third-order valence-electron chi connectivity index (χ3n) is 5.43. The van der Waals surface area contributed by atoms with E-state index in [9.17, 15) is 17.8 Å². The van der Waals surface area contributed by atoms with Crippen molar-refractivity contribution in [2.45, 2.75) is 30.1 Å². The maximum atomic E-state index is 15.0. The van der Waals surface area contributed by atoms with Crippen molar-refractivity contribution >= 4 is 28.7 Å². The molecule has 31 heavy (non-hydrogen) atoms. The third-order valence-corrected chi connectivity index (χ3v) is 6.24. The Morgan fingerprint density at radius 1 is 1.16 bits per heavy atom. The van der Waals surface area contributed by atoms with Crippen LogP contribution < -0.4 is 4.90 Å². The van der Waals surface area contributed by atoms with Gasteiger partial charge in [-0.15, -0.1) is 0 Å². The lowest BCUT2D eigenvalue weighted by molar-refractivity contribution is -0.140. The van der Waals surface area contributed by atoms with Gasteiger partial charge >= 0.3 is 0 Å². The van der Waals surface area contributed by atoms with Gasteiger partial charge < -0.3 is 4.90 Å². The topological polar surface area (TPSA) is 78.8 Å². The minimum Gasteiger partial charge on any atom is -0.354 e. The number of hydrogen-bond donors (Lipinski definition) is 0. The lowest BCUT2D eigenvalue weighted by Gasteiger charge is -2.36. The fourth-order valence-electron chi connectivity index (χ4n) is 3.89. The molecule has 0 unspecified atom stereocenters. The lowest BCUT2D eigenvalue weighted by atomic mass is 9.92. The Morgan fingerprint density at radius 3 is 2.58 bits per heavy atom. The van der Waals surface area contributed by atoms with E-state index in [1.165, 1.54) is 18.8 Å². The molecule has 11 heteroatoms. The molecule has 0 bridgehead atoms. The summed E-state index contributed by atoms with van der Waals surface area (Å²) in [6, 6.07) is 3.94. The van der Waals surface area contributed by atoms with Gasteiger partial charge in [-0.3, -0.25) is 9.00 Å². The molecule has 2 aromatic rings. The highest BCUT2D eigenvalue weighted by atomic mass is 32.2. The molecule has 1 fully saturated rings. The second-order valence-corrected chi connectivity index (χ2v) is 8.79. The predicted octanol–water partition coefficient (Wildman–Crippen LogP) is 2.62. The third kappa shape index (κ3) is 4.46. The Kier molecular flexibility index (Phi) is 6.03. The molecule has 0 spiro atoms. The number of carbonyl (C=O) groups is 1. The number of alkyl halides is 1. The van der Waals surface area contributed by atoms with E-state index in [2.05, 4.69) is 15.1 Å². The maximum Gasteiger partial charge on any atom is 0.249 e. The van der Waals surface area contributed by atoms with Gasteiger partial charge in [-0.1, -0.05) is 0 Å². The first-order chi connectivity index (χ1) is 14.8. The summed E-state index contributed by atoms with van der Waals surface area (Å²) < 4.78 is 53.9. The summed E-state index contributed by atoms with van der Waals surface area (Å²) in [5.74, 6) is -2.50. The van der Waals surface area contributed by atoms with E-state index in [4.69, 9.17) is 0 Å². The van der Waals surface area contributed by atoms with Crippen LogP contribution in [0.4, 0.5) is 19.0 Å². The summed E-state index contributed by atoms with van der Waals surface area (Å²) in [4.78, 5) is 22.8. The molecule has 1 saturated heterocycles. The van der Waals surface area contributed by atoms with Crippen molar-refractivity contribution in [3.05, 3.63) is 47.8 Å². The number of carbonyl (C=O) groups excluding carboxylic acids is 1. The van der Waals surface area contributed by atoms with Crippen LogP contribution in [0.15, 0.2) is 40.7 Å². The van der Waals surface area contributed by atoms with Gasteiger partial charge in [0.25, 0.3) is 0 Å². The molecule has 164 valence electrons. The highest BCUT2D eigenvalue weighted by Crippen LogP contribution is 2.34. The average molecular weight is 451 g/mol. The SMILES string of the molecule is C[S@@](=O)c1cc(N2CC[C@@H](C(=O)N3N=CC[C@@H]3c3cc(F)cc(F)c3)[C@@H](F)C2)ncn1. The van der Waals surface area contributed by atoms with Gasteiger partial charge in [0.1, 0.15) is 35.0 Å². The number of nitrogens with zero attached hydrogens (tertiary/aromatic N) is 5. The Labute approximate surface area is 179 Å². The molecule has 1 aromatic heterocycles. The van der Waals surface area contributed by atoms with Crippen molar-refractivity contribution in [1.82, 2.24) is 15.0 Å². The predicted molar refractivity (Wildman–Crippen MR) is 109 cm³/mol. The molecule has 0 radical (unpaired) electrons. The van der Waals surface area contributed by atoms with Crippen LogP contribution in [-0.2, 0) is 15.6 Å². The van der Waals surface area contributed by atoms with Crippen molar-refractivity contribution < 1.29 is 22.2 Å². The summed E-state index contributed by atoms with van der Waals surface area (Å²) in [6.45, 7) is 0.292.